The lowest BCUT2D eigenvalue weighted by Gasteiger charge is -2.31. The zero-order valence-electron chi connectivity index (χ0n) is 21.9. The summed E-state index contributed by atoms with van der Waals surface area (Å²) in [6.45, 7) is 11.0. The largest absolute Gasteiger partial charge is 0.378 e. The van der Waals surface area contributed by atoms with Crippen molar-refractivity contribution in [2.75, 3.05) is 49.6 Å². The first-order chi connectivity index (χ1) is 17.8. The molecule has 1 saturated heterocycles. The number of benzene rings is 2. The van der Waals surface area contributed by atoms with Gasteiger partial charge in [0, 0.05) is 31.9 Å². The number of carbonyl (C=O) groups is 1. The second kappa shape index (κ2) is 11.5. The highest BCUT2D eigenvalue weighted by molar-refractivity contribution is 7.89. The van der Waals surface area contributed by atoms with Crippen LogP contribution in [0, 0.1) is 13.8 Å². The molecule has 1 N–H and O–H groups in total. The molecule has 0 unspecified atom stereocenters. The van der Waals surface area contributed by atoms with Crippen LogP contribution in [-0.2, 0) is 21.3 Å². The van der Waals surface area contributed by atoms with E-state index in [1.54, 1.807) is 18.2 Å². The zero-order chi connectivity index (χ0) is 26.6. The van der Waals surface area contributed by atoms with Crippen LogP contribution < -0.4 is 10.2 Å². The van der Waals surface area contributed by atoms with Crippen molar-refractivity contribution in [2.24, 2.45) is 0 Å². The first-order valence-electron chi connectivity index (χ1n) is 12.6. The summed E-state index contributed by atoms with van der Waals surface area (Å²) >= 11 is 0. The SMILES string of the molecule is CCN(CC)S(=O)(=O)c1ccc(N2CCOCC2)c(NC(=O)c2c(C)nn(Cc3ccccc3)c2C)c1. The number of amides is 1. The number of ether oxygens (including phenoxy) is 1. The molecule has 37 heavy (non-hydrogen) atoms. The van der Waals surface area contributed by atoms with Crippen LogP contribution in [0.1, 0.15) is 41.2 Å². The van der Waals surface area contributed by atoms with Gasteiger partial charge in [-0.2, -0.15) is 9.40 Å². The number of anilines is 2. The number of rotatable bonds is 9. The maximum Gasteiger partial charge on any atom is 0.259 e. The number of morpholine rings is 1. The van der Waals surface area contributed by atoms with Gasteiger partial charge in [0.15, 0.2) is 0 Å². The van der Waals surface area contributed by atoms with Crippen LogP contribution in [0.15, 0.2) is 53.4 Å². The molecule has 10 heteroatoms. The Morgan fingerprint density at radius 3 is 2.38 bits per heavy atom. The Hall–Kier alpha value is -3.21. The molecule has 1 aromatic heterocycles. The third kappa shape index (κ3) is 5.71. The van der Waals surface area contributed by atoms with E-state index in [0.717, 1.165) is 16.9 Å². The molecule has 0 atom stereocenters. The van der Waals surface area contributed by atoms with Gasteiger partial charge in [-0.25, -0.2) is 8.42 Å². The van der Waals surface area contributed by atoms with Crippen molar-refractivity contribution in [1.82, 2.24) is 14.1 Å². The molecule has 3 aromatic rings. The summed E-state index contributed by atoms with van der Waals surface area (Å²) < 4.78 is 35.2. The number of hydrogen-bond acceptors (Lipinski definition) is 6. The molecule has 0 aliphatic carbocycles. The zero-order valence-corrected chi connectivity index (χ0v) is 22.7. The fraction of sp³-hybridized carbons (Fsp3) is 0.407. The number of aryl methyl sites for hydroxylation is 1. The monoisotopic (exact) mass is 525 g/mol. The summed E-state index contributed by atoms with van der Waals surface area (Å²) in [7, 11) is -3.70. The van der Waals surface area contributed by atoms with Gasteiger partial charge in [0.2, 0.25) is 10.0 Å². The van der Waals surface area contributed by atoms with Gasteiger partial charge in [0.1, 0.15) is 0 Å². The van der Waals surface area contributed by atoms with Gasteiger partial charge in [-0.1, -0.05) is 44.2 Å². The van der Waals surface area contributed by atoms with E-state index in [1.807, 2.05) is 62.7 Å². The van der Waals surface area contributed by atoms with Crippen LogP contribution in [0.4, 0.5) is 11.4 Å². The van der Waals surface area contributed by atoms with E-state index in [1.165, 1.54) is 4.31 Å². The summed E-state index contributed by atoms with van der Waals surface area (Å²) in [5, 5.41) is 7.62. The quantitative estimate of drug-likeness (QED) is 0.458. The molecular formula is C27H35N5O4S. The van der Waals surface area contributed by atoms with E-state index in [0.29, 0.717) is 62.9 Å². The second-order valence-corrected chi connectivity index (χ2v) is 10.9. The molecule has 0 spiro atoms. The van der Waals surface area contributed by atoms with Gasteiger partial charge in [0.25, 0.3) is 5.91 Å². The molecule has 1 aliphatic rings. The molecule has 0 bridgehead atoms. The normalized spacial score (nSPS) is 14.2. The fourth-order valence-electron chi connectivity index (χ4n) is 4.69. The van der Waals surface area contributed by atoms with Crippen molar-refractivity contribution < 1.29 is 17.9 Å². The molecule has 198 valence electrons. The minimum Gasteiger partial charge on any atom is -0.378 e. The van der Waals surface area contributed by atoms with Gasteiger partial charge < -0.3 is 15.0 Å². The molecule has 1 fully saturated rings. The van der Waals surface area contributed by atoms with Crippen LogP contribution in [0.25, 0.3) is 0 Å². The lowest BCUT2D eigenvalue weighted by molar-refractivity contribution is 0.102. The standard InChI is InChI=1S/C27H35N5O4S/c1-5-31(6-2)37(34,35)23-12-13-25(30-14-16-36-17-15-30)24(18-23)28-27(33)26-20(3)29-32(21(26)4)19-22-10-8-7-9-11-22/h7-13,18H,5-6,14-17,19H2,1-4H3,(H,28,33). The third-order valence-corrected chi connectivity index (χ3v) is 8.74. The first-order valence-corrected chi connectivity index (χ1v) is 14.1. The Morgan fingerprint density at radius 1 is 1.05 bits per heavy atom. The van der Waals surface area contributed by atoms with Crippen molar-refractivity contribution in [1.29, 1.82) is 0 Å². The predicted molar refractivity (Wildman–Crippen MR) is 145 cm³/mol. The summed E-state index contributed by atoms with van der Waals surface area (Å²) in [5.41, 5.74) is 4.16. The maximum atomic E-state index is 13.6. The smallest absolute Gasteiger partial charge is 0.259 e. The molecular weight excluding hydrogens is 490 g/mol. The fourth-order valence-corrected chi connectivity index (χ4v) is 6.17. The number of nitrogens with one attached hydrogen (secondary N) is 1. The van der Waals surface area contributed by atoms with Crippen LogP contribution in [-0.4, -0.2) is 67.8 Å². The van der Waals surface area contributed by atoms with Crippen molar-refractivity contribution in [3.63, 3.8) is 0 Å². The van der Waals surface area contributed by atoms with E-state index in [4.69, 9.17) is 4.74 Å². The number of sulfonamides is 1. The Morgan fingerprint density at radius 2 is 1.73 bits per heavy atom. The van der Waals surface area contributed by atoms with Crippen molar-refractivity contribution in [2.45, 2.75) is 39.1 Å². The molecule has 2 heterocycles. The Kier molecular flexibility index (Phi) is 8.31. The summed E-state index contributed by atoms with van der Waals surface area (Å²) in [6.07, 6.45) is 0. The molecule has 1 amide bonds. The van der Waals surface area contributed by atoms with Crippen molar-refractivity contribution in [3.05, 3.63) is 71.0 Å². The van der Waals surface area contributed by atoms with Crippen molar-refractivity contribution >= 4 is 27.3 Å². The summed E-state index contributed by atoms with van der Waals surface area (Å²) in [4.78, 5) is 15.8. The van der Waals surface area contributed by atoms with Gasteiger partial charge >= 0.3 is 0 Å². The molecule has 2 aromatic carbocycles. The minimum atomic E-state index is -3.70. The summed E-state index contributed by atoms with van der Waals surface area (Å²) in [5.74, 6) is -0.318. The third-order valence-electron chi connectivity index (χ3n) is 6.69. The van der Waals surface area contributed by atoms with E-state index in [-0.39, 0.29) is 10.8 Å². The molecule has 4 rings (SSSR count). The second-order valence-electron chi connectivity index (χ2n) is 9.01. The highest BCUT2D eigenvalue weighted by atomic mass is 32.2. The van der Waals surface area contributed by atoms with Crippen LogP contribution >= 0.6 is 0 Å². The first kappa shape index (κ1) is 26.8. The van der Waals surface area contributed by atoms with Crippen LogP contribution in [0.3, 0.4) is 0 Å². The van der Waals surface area contributed by atoms with E-state index < -0.39 is 10.0 Å². The predicted octanol–water partition coefficient (Wildman–Crippen LogP) is 3.67. The van der Waals surface area contributed by atoms with E-state index in [2.05, 4.69) is 15.3 Å². The van der Waals surface area contributed by atoms with E-state index in [9.17, 15) is 13.2 Å². The average Bonchev–Trinajstić information content (AvgIpc) is 3.18. The van der Waals surface area contributed by atoms with Gasteiger partial charge in [-0.15, -0.1) is 0 Å². The van der Waals surface area contributed by atoms with Gasteiger partial charge in [-0.05, 0) is 37.6 Å². The highest BCUT2D eigenvalue weighted by Gasteiger charge is 2.26. The lowest BCUT2D eigenvalue weighted by Crippen LogP contribution is -2.37. The average molecular weight is 526 g/mol. The number of carbonyl (C=O) groups excluding carboxylic acids is 1. The Balaban J connectivity index is 1.69. The topological polar surface area (TPSA) is 96.8 Å². The van der Waals surface area contributed by atoms with Gasteiger partial charge in [-0.3, -0.25) is 9.48 Å². The van der Waals surface area contributed by atoms with Crippen LogP contribution in [0.5, 0.6) is 0 Å². The number of nitrogens with zero attached hydrogens (tertiary/aromatic N) is 4. The van der Waals surface area contributed by atoms with Crippen molar-refractivity contribution in [3.8, 4) is 0 Å². The summed E-state index contributed by atoms with van der Waals surface area (Å²) in [6, 6.07) is 14.9. The molecule has 1 aliphatic heterocycles. The molecule has 0 saturated carbocycles. The molecule has 0 radical (unpaired) electrons. The van der Waals surface area contributed by atoms with Crippen LogP contribution in [0.2, 0.25) is 0 Å². The number of hydrogen-bond donors (Lipinski definition) is 1. The maximum absolute atomic E-state index is 13.6. The van der Waals surface area contributed by atoms with E-state index >= 15 is 0 Å². The number of aromatic nitrogens is 2. The van der Waals surface area contributed by atoms with Gasteiger partial charge in [0.05, 0.1) is 47.3 Å². The Bertz CT molecular complexity index is 1340. The Labute approximate surface area is 219 Å². The highest BCUT2D eigenvalue weighted by Crippen LogP contribution is 2.32. The molecule has 9 nitrogen and oxygen atoms in total. The lowest BCUT2D eigenvalue weighted by atomic mass is 10.1. The minimum absolute atomic E-state index is 0.150.